The molecule has 16 heavy (non-hydrogen) atoms. The lowest BCUT2D eigenvalue weighted by Gasteiger charge is -2.17. The summed E-state index contributed by atoms with van der Waals surface area (Å²) >= 11 is 0. The highest BCUT2D eigenvalue weighted by atomic mass is 16.5. The van der Waals surface area contributed by atoms with Gasteiger partial charge in [0.1, 0.15) is 5.75 Å². The molecular weight excluding hydrogens is 198 g/mol. The van der Waals surface area contributed by atoms with Crippen molar-refractivity contribution in [3.8, 4) is 5.75 Å². The fourth-order valence-electron chi connectivity index (χ4n) is 2.01. The minimum atomic E-state index is 0.157. The van der Waals surface area contributed by atoms with Crippen LogP contribution in [0.3, 0.4) is 0 Å². The molecule has 0 bridgehead atoms. The first kappa shape index (κ1) is 13.0. The van der Waals surface area contributed by atoms with Crippen LogP contribution in [-0.4, -0.2) is 7.11 Å². The molecule has 0 fully saturated rings. The number of methoxy groups -OCH3 is 1. The molecule has 2 heteroatoms. The number of benzene rings is 1. The molecule has 1 aromatic rings. The predicted octanol–water partition coefficient (Wildman–Crippen LogP) is 3.50. The monoisotopic (exact) mass is 221 g/mol. The van der Waals surface area contributed by atoms with E-state index in [9.17, 15) is 0 Å². The lowest BCUT2D eigenvalue weighted by molar-refractivity contribution is 0.411. The van der Waals surface area contributed by atoms with Crippen LogP contribution in [0, 0.1) is 13.8 Å². The van der Waals surface area contributed by atoms with E-state index in [1.54, 1.807) is 7.11 Å². The topological polar surface area (TPSA) is 35.2 Å². The maximum Gasteiger partial charge on any atom is 0.122 e. The molecule has 0 aliphatic carbocycles. The quantitative estimate of drug-likeness (QED) is 0.826. The summed E-state index contributed by atoms with van der Waals surface area (Å²) in [6.45, 7) is 6.36. The third kappa shape index (κ3) is 2.99. The smallest absolute Gasteiger partial charge is 0.122 e. The van der Waals surface area contributed by atoms with Gasteiger partial charge in [-0.25, -0.2) is 0 Å². The van der Waals surface area contributed by atoms with Gasteiger partial charge in [0.05, 0.1) is 7.11 Å². The van der Waals surface area contributed by atoms with Crippen molar-refractivity contribution in [2.75, 3.05) is 7.11 Å². The Morgan fingerprint density at radius 2 is 1.94 bits per heavy atom. The molecule has 0 aromatic heterocycles. The lowest BCUT2D eigenvalue weighted by atomic mass is 9.95. The summed E-state index contributed by atoms with van der Waals surface area (Å²) < 4.78 is 5.30. The fourth-order valence-corrected chi connectivity index (χ4v) is 2.01. The molecule has 2 nitrogen and oxygen atoms in total. The van der Waals surface area contributed by atoms with Gasteiger partial charge in [0.25, 0.3) is 0 Å². The Kier molecular flexibility index (Phi) is 4.81. The first-order valence-electron chi connectivity index (χ1n) is 6.00. The van der Waals surface area contributed by atoms with E-state index in [2.05, 4.69) is 32.9 Å². The van der Waals surface area contributed by atoms with E-state index in [1.165, 1.54) is 24.0 Å². The van der Waals surface area contributed by atoms with Crippen LogP contribution in [-0.2, 0) is 0 Å². The maximum absolute atomic E-state index is 6.20. The third-order valence-corrected chi connectivity index (χ3v) is 3.05. The van der Waals surface area contributed by atoms with E-state index in [0.29, 0.717) is 0 Å². The van der Waals surface area contributed by atoms with Gasteiger partial charge in [0.15, 0.2) is 0 Å². The Labute approximate surface area is 98.8 Å². The molecule has 1 unspecified atom stereocenters. The number of aryl methyl sites for hydroxylation is 2. The third-order valence-electron chi connectivity index (χ3n) is 3.05. The Balaban J connectivity index is 2.92. The summed E-state index contributed by atoms with van der Waals surface area (Å²) in [7, 11) is 1.71. The lowest BCUT2D eigenvalue weighted by Crippen LogP contribution is -2.12. The zero-order chi connectivity index (χ0) is 12.1. The van der Waals surface area contributed by atoms with E-state index in [1.807, 2.05) is 0 Å². The van der Waals surface area contributed by atoms with Gasteiger partial charge in [0.2, 0.25) is 0 Å². The van der Waals surface area contributed by atoms with Crippen molar-refractivity contribution in [2.24, 2.45) is 5.73 Å². The second-order valence-electron chi connectivity index (χ2n) is 4.43. The highest BCUT2D eigenvalue weighted by Crippen LogP contribution is 2.27. The van der Waals surface area contributed by atoms with Gasteiger partial charge in [-0.2, -0.15) is 0 Å². The number of rotatable bonds is 5. The maximum atomic E-state index is 6.20. The van der Waals surface area contributed by atoms with Gasteiger partial charge in [0, 0.05) is 6.04 Å². The van der Waals surface area contributed by atoms with Crippen LogP contribution in [0.4, 0.5) is 0 Å². The van der Waals surface area contributed by atoms with Crippen molar-refractivity contribution >= 4 is 0 Å². The summed E-state index contributed by atoms with van der Waals surface area (Å²) in [5.41, 5.74) is 9.85. The summed E-state index contributed by atoms with van der Waals surface area (Å²) in [5.74, 6) is 0.948. The number of hydrogen-bond acceptors (Lipinski definition) is 2. The summed E-state index contributed by atoms with van der Waals surface area (Å²) in [6, 6.07) is 4.40. The van der Waals surface area contributed by atoms with Crippen LogP contribution in [0.15, 0.2) is 12.1 Å². The number of nitrogens with two attached hydrogens (primary N) is 1. The van der Waals surface area contributed by atoms with Gasteiger partial charge < -0.3 is 10.5 Å². The van der Waals surface area contributed by atoms with Gasteiger partial charge in [-0.1, -0.05) is 25.8 Å². The van der Waals surface area contributed by atoms with Crippen LogP contribution < -0.4 is 10.5 Å². The molecule has 0 radical (unpaired) electrons. The number of unbranched alkanes of at least 4 members (excludes halogenated alkanes) is 1. The zero-order valence-corrected chi connectivity index (χ0v) is 10.8. The van der Waals surface area contributed by atoms with Crippen LogP contribution in [0.5, 0.6) is 5.75 Å². The zero-order valence-electron chi connectivity index (χ0n) is 10.8. The normalized spacial score (nSPS) is 12.6. The van der Waals surface area contributed by atoms with Crippen molar-refractivity contribution < 1.29 is 4.74 Å². The minimum Gasteiger partial charge on any atom is -0.496 e. The SMILES string of the molecule is CCCCC(N)c1cc(C)c(OC)cc1C. The number of ether oxygens (including phenoxy) is 1. The molecule has 1 atom stereocenters. The molecule has 2 N–H and O–H groups in total. The molecule has 90 valence electrons. The van der Waals surface area contributed by atoms with Crippen LogP contribution >= 0.6 is 0 Å². The second kappa shape index (κ2) is 5.90. The average molecular weight is 221 g/mol. The van der Waals surface area contributed by atoms with E-state index in [0.717, 1.165) is 17.7 Å². The fraction of sp³-hybridized carbons (Fsp3) is 0.571. The van der Waals surface area contributed by atoms with Gasteiger partial charge in [-0.05, 0) is 43.0 Å². The Morgan fingerprint density at radius 1 is 1.25 bits per heavy atom. The standard InChI is InChI=1S/C14H23NO/c1-5-6-7-13(15)12-8-11(3)14(16-4)9-10(12)2/h8-9,13H,5-7,15H2,1-4H3. The average Bonchev–Trinajstić information content (AvgIpc) is 2.28. The van der Waals surface area contributed by atoms with Crippen molar-refractivity contribution in [1.29, 1.82) is 0 Å². The first-order chi connectivity index (χ1) is 7.60. The molecule has 0 aliphatic heterocycles. The van der Waals surface area contributed by atoms with Crippen LogP contribution in [0.1, 0.15) is 48.9 Å². The van der Waals surface area contributed by atoms with Crippen LogP contribution in [0.2, 0.25) is 0 Å². The second-order valence-corrected chi connectivity index (χ2v) is 4.43. The largest absolute Gasteiger partial charge is 0.496 e. The molecule has 0 heterocycles. The van der Waals surface area contributed by atoms with E-state index in [-0.39, 0.29) is 6.04 Å². The van der Waals surface area contributed by atoms with E-state index in [4.69, 9.17) is 10.5 Å². The molecule has 0 aliphatic rings. The minimum absolute atomic E-state index is 0.157. The van der Waals surface area contributed by atoms with Crippen molar-refractivity contribution in [1.82, 2.24) is 0 Å². The van der Waals surface area contributed by atoms with E-state index >= 15 is 0 Å². The van der Waals surface area contributed by atoms with E-state index < -0.39 is 0 Å². The highest BCUT2D eigenvalue weighted by Gasteiger charge is 2.11. The summed E-state index contributed by atoms with van der Waals surface area (Å²) in [4.78, 5) is 0. The van der Waals surface area contributed by atoms with Crippen molar-refractivity contribution in [3.05, 3.63) is 28.8 Å². The molecule has 0 saturated carbocycles. The Bertz CT molecular complexity index is 347. The summed E-state index contributed by atoms with van der Waals surface area (Å²) in [6.07, 6.45) is 3.44. The molecule has 0 amide bonds. The molecule has 0 saturated heterocycles. The molecular formula is C14H23NO. The Morgan fingerprint density at radius 3 is 2.50 bits per heavy atom. The molecule has 0 spiro atoms. The van der Waals surface area contributed by atoms with Crippen molar-refractivity contribution in [2.45, 2.75) is 46.1 Å². The highest BCUT2D eigenvalue weighted by molar-refractivity contribution is 5.42. The number of hydrogen-bond donors (Lipinski definition) is 1. The summed E-state index contributed by atoms with van der Waals surface area (Å²) in [5, 5.41) is 0. The Hall–Kier alpha value is -1.02. The van der Waals surface area contributed by atoms with Gasteiger partial charge >= 0.3 is 0 Å². The molecule has 1 rings (SSSR count). The van der Waals surface area contributed by atoms with Gasteiger partial charge in [-0.15, -0.1) is 0 Å². The predicted molar refractivity (Wildman–Crippen MR) is 68.9 cm³/mol. The van der Waals surface area contributed by atoms with Crippen LogP contribution in [0.25, 0.3) is 0 Å². The first-order valence-corrected chi connectivity index (χ1v) is 6.00. The van der Waals surface area contributed by atoms with Gasteiger partial charge in [-0.3, -0.25) is 0 Å². The van der Waals surface area contributed by atoms with Crippen molar-refractivity contribution in [3.63, 3.8) is 0 Å². The molecule has 1 aromatic carbocycles.